The monoisotopic (exact) mass is 347 g/mol. The summed E-state index contributed by atoms with van der Waals surface area (Å²) < 4.78 is 1.43. The van der Waals surface area contributed by atoms with Crippen LogP contribution in [0.3, 0.4) is 0 Å². The summed E-state index contributed by atoms with van der Waals surface area (Å²) in [5.74, 6) is -0.207. The third-order valence-corrected chi connectivity index (χ3v) is 5.05. The summed E-state index contributed by atoms with van der Waals surface area (Å²) in [4.78, 5) is 32.0. The van der Waals surface area contributed by atoms with Gasteiger partial charge in [0.1, 0.15) is 11.2 Å². The molecule has 3 aromatic rings. The Morgan fingerprint density at radius 1 is 1.08 bits per heavy atom. The van der Waals surface area contributed by atoms with Crippen molar-refractivity contribution in [3.63, 3.8) is 0 Å². The van der Waals surface area contributed by atoms with Gasteiger partial charge in [-0.15, -0.1) is 0 Å². The molecule has 1 atom stereocenters. The van der Waals surface area contributed by atoms with Crippen molar-refractivity contribution in [2.24, 2.45) is 0 Å². The highest BCUT2D eigenvalue weighted by molar-refractivity contribution is 5.94. The van der Waals surface area contributed by atoms with E-state index < -0.39 is 0 Å². The van der Waals surface area contributed by atoms with Crippen molar-refractivity contribution in [1.82, 2.24) is 14.3 Å². The Balaban J connectivity index is 1.65. The smallest absolute Gasteiger partial charge is 0.270 e. The van der Waals surface area contributed by atoms with Crippen molar-refractivity contribution in [2.45, 2.75) is 31.7 Å². The van der Waals surface area contributed by atoms with Crippen molar-refractivity contribution in [3.05, 3.63) is 82.4 Å². The molecule has 0 spiro atoms. The molecule has 1 aliphatic rings. The van der Waals surface area contributed by atoms with Gasteiger partial charge in [0.15, 0.2) is 0 Å². The first-order valence-electron chi connectivity index (χ1n) is 9.05. The van der Waals surface area contributed by atoms with Gasteiger partial charge >= 0.3 is 0 Å². The molecule has 0 bridgehead atoms. The summed E-state index contributed by atoms with van der Waals surface area (Å²) in [6.07, 6.45) is 6.93. The molecule has 0 radical (unpaired) electrons. The van der Waals surface area contributed by atoms with Crippen LogP contribution in [0.2, 0.25) is 0 Å². The predicted octanol–water partition coefficient (Wildman–Crippen LogP) is 2.93. The summed E-state index contributed by atoms with van der Waals surface area (Å²) in [5.41, 5.74) is 1.61. The molecule has 26 heavy (non-hydrogen) atoms. The van der Waals surface area contributed by atoms with Crippen molar-refractivity contribution in [2.75, 3.05) is 6.54 Å². The molecular formula is C21H21N3O2. The number of aromatic nitrogens is 2. The highest BCUT2D eigenvalue weighted by Crippen LogP contribution is 2.22. The number of pyridine rings is 1. The SMILES string of the molecule is O=C(c1cnc2ccccn2c1=O)N1CCCCC1Cc1ccccc1. The summed E-state index contributed by atoms with van der Waals surface area (Å²) in [6, 6.07) is 15.7. The minimum Gasteiger partial charge on any atom is -0.335 e. The fourth-order valence-electron chi connectivity index (χ4n) is 3.69. The Kier molecular flexibility index (Phi) is 4.52. The maximum Gasteiger partial charge on any atom is 0.270 e. The maximum atomic E-state index is 13.1. The van der Waals surface area contributed by atoms with Gasteiger partial charge in [-0.3, -0.25) is 14.0 Å². The molecule has 1 aliphatic heterocycles. The Morgan fingerprint density at radius 3 is 2.73 bits per heavy atom. The standard InChI is InChI=1S/C21H21N3O2/c25-20(18-15-22-19-11-5-7-13-24(19)21(18)26)23-12-6-4-10-17(23)14-16-8-2-1-3-9-16/h1-3,5,7-9,11,13,15,17H,4,6,10,12,14H2. The molecule has 1 saturated heterocycles. The number of hydrogen-bond donors (Lipinski definition) is 0. The third-order valence-electron chi connectivity index (χ3n) is 5.05. The van der Waals surface area contributed by atoms with Crippen molar-refractivity contribution in [3.8, 4) is 0 Å². The number of fused-ring (bicyclic) bond motifs is 1. The molecule has 1 aromatic carbocycles. The van der Waals surface area contributed by atoms with Crippen molar-refractivity contribution >= 4 is 11.6 Å². The van der Waals surface area contributed by atoms with Crippen LogP contribution in [0.5, 0.6) is 0 Å². The Labute approximate surface area is 151 Å². The molecule has 0 aliphatic carbocycles. The van der Waals surface area contributed by atoms with E-state index in [0.29, 0.717) is 12.2 Å². The first kappa shape index (κ1) is 16.5. The predicted molar refractivity (Wildman–Crippen MR) is 100 cm³/mol. The zero-order valence-corrected chi connectivity index (χ0v) is 14.5. The second-order valence-electron chi connectivity index (χ2n) is 6.74. The zero-order chi connectivity index (χ0) is 17.9. The summed E-state index contributed by atoms with van der Waals surface area (Å²) in [7, 11) is 0. The van der Waals surface area contributed by atoms with E-state index in [4.69, 9.17) is 0 Å². The van der Waals surface area contributed by atoms with E-state index in [2.05, 4.69) is 17.1 Å². The summed E-state index contributed by atoms with van der Waals surface area (Å²) in [6.45, 7) is 0.688. The third kappa shape index (κ3) is 3.12. The van der Waals surface area contributed by atoms with Crippen LogP contribution < -0.4 is 5.56 Å². The number of nitrogens with zero attached hydrogens (tertiary/aromatic N) is 3. The zero-order valence-electron chi connectivity index (χ0n) is 14.5. The molecule has 4 rings (SSSR count). The van der Waals surface area contributed by atoms with Crippen LogP contribution in [0.15, 0.2) is 65.7 Å². The minimum absolute atomic E-state index is 0.120. The van der Waals surface area contributed by atoms with Crippen LogP contribution in [0.1, 0.15) is 35.2 Å². The van der Waals surface area contributed by atoms with Gasteiger partial charge in [-0.25, -0.2) is 4.98 Å². The van der Waals surface area contributed by atoms with Gasteiger partial charge in [0.05, 0.1) is 0 Å². The molecule has 3 heterocycles. The van der Waals surface area contributed by atoms with Gasteiger partial charge in [-0.1, -0.05) is 36.4 Å². The average molecular weight is 347 g/mol. The largest absolute Gasteiger partial charge is 0.335 e. The van der Waals surface area contributed by atoms with E-state index in [1.165, 1.54) is 16.2 Å². The highest BCUT2D eigenvalue weighted by Gasteiger charge is 2.29. The lowest BCUT2D eigenvalue weighted by atomic mass is 9.95. The molecule has 5 nitrogen and oxygen atoms in total. The van der Waals surface area contributed by atoms with E-state index in [1.54, 1.807) is 18.3 Å². The van der Waals surface area contributed by atoms with Crippen molar-refractivity contribution < 1.29 is 4.79 Å². The Bertz CT molecular complexity index is 981. The number of benzene rings is 1. The quantitative estimate of drug-likeness (QED) is 0.732. The molecule has 0 saturated carbocycles. The maximum absolute atomic E-state index is 13.1. The molecule has 5 heteroatoms. The van der Waals surface area contributed by atoms with E-state index in [1.807, 2.05) is 29.2 Å². The van der Waals surface area contributed by atoms with Gasteiger partial charge in [0.2, 0.25) is 0 Å². The van der Waals surface area contributed by atoms with Crippen LogP contribution in [-0.2, 0) is 6.42 Å². The number of hydrogen-bond acceptors (Lipinski definition) is 3. The fourth-order valence-corrected chi connectivity index (χ4v) is 3.69. The normalized spacial score (nSPS) is 17.4. The van der Waals surface area contributed by atoms with Crippen LogP contribution >= 0.6 is 0 Å². The molecule has 1 amide bonds. The first-order chi connectivity index (χ1) is 12.7. The Morgan fingerprint density at radius 2 is 1.88 bits per heavy atom. The van der Waals surface area contributed by atoms with Gasteiger partial charge in [0.25, 0.3) is 11.5 Å². The molecular weight excluding hydrogens is 326 g/mol. The number of rotatable bonds is 3. The molecule has 0 N–H and O–H groups in total. The van der Waals surface area contributed by atoms with Gasteiger partial charge < -0.3 is 4.90 Å². The van der Waals surface area contributed by atoms with Crippen LogP contribution in [0.25, 0.3) is 5.65 Å². The van der Waals surface area contributed by atoms with E-state index in [-0.39, 0.29) is 23.1 Å². The molecule has 1 fully saturated rings. The van der Waals surface area contributed by atoms with Crippen LogP contribution in [0, 0.1) is 0 Å². The average Bonchev–Trinajstić information content (AvgIpc) is 2.69. The van der Waals surface area contributed by atoms with E-state index in [0.717, 1.165) is 25.7 Å². The first-order valence-corrected chi connectivity index (χ1v) is 9.05. The van der Waals surface area contributed by atoms with Gasteiger partial charge in [0, 0.05) is 25.0 Å². The van der Waals surface area contributed by atoms with Crippen LogP contribution in [-0.4, -0.2) is 32.8 Å². The summed E-state index contributed by atoms with van der Waals surface area (Å²) >= 11 is 0. The van der Waals surface area contributed by atoms with Gasteiger partial charge in [-0.2, -0.15) is 0 Å². The summed E-state index contributed by atoms with van der Waals surface area (Å²) in [5, 5.41) is 0. The van der Waals surface area contributed by atoms with Crippen LogP contribution in [0.4, 0.5) is 0 Å². The number of carbonyl (C=O) groups is 1. The lowest BCUT2D eigenvalue weighted by Crippen LogP contribution is -2.46. The molecule has 2 aromatic heterocycles. The highest BCUT2D eigenvalue weighted by atomic mass is 16.2. The second kappa shape index (κ2) is 7.12. The number of piperidine rings is 1. The second-order valence-corrected chi connectivity index (χ2v) is 6.74. The number of likely N-dealkylation sites (tertiary alicyclic amines) is 1. The molecule has 132 valence electrons. The number of carbonyl (C=O) groups excluding carboxylic acids is 1. The minimum atomic E-state index is -0.301. The van der Waals surface area contributed by atoms with Gasteiger partial charge in [-0.05, 0) is 43.4 Å². The fraction of sp³-hybridized carbons (Fsp3) is 0.286. The molecule has 1 unspecified atom stereocenters. The number of amides is 1. The van der Waals surface area contributed by atoms with E-state index in [9.17, 15) is 9.59 Å². The lowest BCUT2D eigenvalue weighted by molar-refractivity contribution is 0.0611. The van der Waals surface area contributed by atoms with Crippen molar-refractivity contribution in [1.29, 1.82) is 0 Å². The van der Waals surface area contributed by atoms with E-state index >= 15 is 0 Å². The lowest BCUT2D eigenvalue weighted by Gasteiger charge is -2.35. The Hall–Kier alpha value is -2.95. The topological polar surface area (TPSA) is 54.7 Å².